The van der Waals surface area contributed by atoms with Crippen molar-refractivity contribution in [3.05, 3.63) is 23.3 Å². The van der Waals surface area contributed by atoms with Crippen LogP contribution in [0.2, 0.25) is 0 Å². The highest BCUT2D eigenvalue weighted by Crippen LogP contribution is 2.23. The van der Waals surface area contributed by atoms with Gasteiger partial charge in [0.25, 0.3) is 0 Å². The molecule has 0 fully saturated rings. The topological polar surface area (TPSA) is 95.6 Å². The van der Waals surface area contributed by atoms with Crippen LogP contribution in [0.1, 0.15) is 29.3 Å². The standard InChI is InChI=1S/C12H18N2O3/c1-3-8(6-15)14-9-4-7(2)11(13)10(5-9)12(16)17/h4-5,8,14-15H,3,6,13H2,1-2H3,(H,16,17). The maximum absolute atomic E-state index is 11.0. The van der Waals surface area contributed by atoms with Crippen molar-refractivity contribution in [1.29, 1.82) is 0 Å². The van der Waals surface area contributed by atoms with E-state index in [2.05, 4.69) is 5.32 Å². The number of carboxylic acid groups (broad SMARTS) is 1. The zero-order valence-corrected chi connectivity index (χ0v) is 10.0. The van der Waals surface area contributed by atoms with Crippen LogP contribution in [0.4, 0.5) is 11.4 Å². The Bertz CT molecular complexity index is 414. The molecule has 0 spiro atoms. The summed E-state index contributed by atoms with van der Waals surface area (Å²) in [6.45, 7) is 3.70. The first-order valence-corrected chi connectivity index (χ1v) is 5.50. The van der Waals surface area contributed by atoms with E-state index in [-0.39, 0.29) is 23.9 Å². The molecule has 0 aromatic heterocycles. The molecule has 1 atom stereocenters. The summed E-state index contributed by atoms with van der Waals surface area (Å²) >= 11 is 0. The number of aliphatic hydroxyl groups excluding tert-OH is 1. The van der Waals surface area contributed by atoms with Gasteiger partial charge in [0, 0.05) is 17.4 Å². The highest BCUT2D eigenvalue weighted by molar-refractivity contribution is 5.95. The van der Waals surface area contributed by atoms with Gasteiger partial charge in [0.15, 0.2) is 0 Å². The van der Waals surface area contributed by atoms with Crippen molar-refractivity contribution >= 4 is 17.3 Å². The summed E-state index contributed by atoms with van der Waals surface area (Å²) in [4.78, 5) is 11.0. The molecule has 0 bridgehead atoms. The molecule has 0 saturated heterocycles. The summed E-state index contributed by atoms with van der Waals surface area (Å²) in [7, 11) is 0. The fourth-order valence-corrected chi connectivity index (χ4v) is 1.57. The lowest BCUT2D eigenvalue weighted by atomic mass is 10.1. The molecule has 1 aromatic rings. The Morgan fingerprint density at radius 1 is 1.53 bits per heavy atom. The molecule has 1 aromatic carbocycles. The van der Waals surface area contributed by atoms with Gasteiger partial charge >= 0.3 is 5.97 Å². The van der Waals surface area contributed by atoms with Crippen LogP contribution in [0.15, 0.2) is 12.1 Å². The largest absolute Gasteiger partial charge is 0.478 e. The smallest absolute Gasteiger partial charge is 0.337 e. The molecule has 0 aliphatic carbocycles. The summed E-state index contributed by atoms with van der Waals surface area (Å²) < 4.78 is 0. The van der Waals surface area contributed by atoms with Gasteiger partial charge in [0.2, 0.25) is 0 Å². The molecule has 0 aliphatic rings. The number of nitrogens with two attached hydrogens (primary N) is 1. The maximum Gasteiger partial charge on any atom is 0.337 e. The number of nitrogen functional groups attached to an aromatic ring is 1. The van der Waals surface area contributed by atoms with Crippen LogP contribution >= 0.6 is 0 Å². The van der Waals surface area contributed by atoms with E-state index >= 15 is 0 Å². The van der Waals surface area contributed by atoms with Gasteiger partial charge in [-0.15, -0.1) is 0 Å². The maximum atomic E-state index is 11.0. The summed E-state index contributed by atoms with van der Waals surface area (Å²) in [6, 6.07) is 3.18. The van der Waals surface area contributed by atoms with Crippen molar-refractivity contribution in [3.63, 3.8) is 0 Å². The van der Waals surface area contributed by atoms with Crippen LogP contribution in [0.5, 0.6) is 0 Å². The van der Waals surface area contributed by atoms with Gasteiger partial charge in [-0.2, -0.15) is 0 Å². The molecule has 0 heterocycles. The van der Waals surface area contributed by atoms with E-state index in [9.17, 15) is 4.79 Å². The number of aliphatic hydroxyl groups is 1. The van der Waals surface area contributed by atoms with E-state index in [4.69, 9.17) is 15.9 Å². The molecule has 94 valence electrons. The van der Waals surface area contributed by atoms with E-state index in [1.54, 1.807) is 13.0 Å². The lowest BCUT2D eigenvalue weighted by molar-refractivity contribution is 0.0698. The molecule has 0 aliphatic heterocycles. The summed E-state index contributed by atoms with van der Waals surface area (Å²) in [5.41, 5.74) is 7.42. The monoisotopic (exact) mass is 238 g/mol. The zero-order valence-electron chi connectivity index (χ0n) is 10.0. The lowest BCUT2D eigenvalue weighted by Gasteiger charge is -2.17. The highest BCUT2D eigenvalue weighted by atomic mass is 16.4. The van der Waals surface area contributed by atoms with Crippen LogP contribution in [0, 0.1) is 6.92 Å². The number of nitrogens with one attached hydrogen (secondary N) is 1. The number of aryl methyl sites for hydroxylation is 1. The molecular formula is C12H18N2O3. The Morgan fingerprint density at radius 3 is 2.65 bits per heavy atom. The first-order valence-electron chi connectivity index (χ1n) is 5.50. The van der Waals surface area contributed by atoms with E-state index in [0.29, 0.717) is 11.3 Å². The minimum atomic E-state index is -1.05. The van der Waals surface area contributed by atoms with Crippen LogP contribution in [-0.4, -0.2) is 28.8 Å². The van der Waals surface area contributed by atoms with Crippen molar-refractivity contribution in [2.24, 2.45) is 0 Å². The number of hydrogen-bond acceptors (Lipinski definition) is 4. The summed E-state index contributed by atoms with van der Waals surface area (Å²) in [5, 5.41) is 21.2. The number of rotatable bonds is 5. The number of hydrogen-bond donors (Lipinski definition) is 4. The summed E-state index contributed by atoms with van der Waals surface area (Å²) in [5.74, 6) is -1.05. The first kappa shape index (κ1) is 13.3. The molecule has 5 N–H and O–H groups in total. The Kier molecular flexibility index (Phi) is 4.34. The second kappa shape index (κ2) is 5.54. The summed E-state index contributed by atoms with van der Waals surface area (Å²) in [6.07, 6.45) is 0.752. The fourth-order valence-electron chi connectivity index (χ4n) is 1.57. The number of carbonyl (C=O) groups is 1. The van der Waals surface area contributed by atoms with Crippen LogP contribution in [-0.2, 0) is 0 Å². The van der Waals surface area contributed by atoms with E-state index in [1.165, 1.54) is 6.07 Å². The van der Waals surface area contributed by atoms with Crippen molar-refractivity contribution in [2.75, 3.05) is 17.7 Å². The molecule has 0 amide bonds. The number of carboxylic acids is 1. The van der Waals surface area contributed by atoms with Crippen molar-refractivity contribution in [3.8, 4) is 0 Å². The van der Waals surface area contributed by atoms with E-state index < -0.39 is 5.97 Å². The SMILES string of the molecule is CCC(CO)Nc1cc(C)c(N)c(C(=O)O)c1. The number of benzene rings is 1. The van der Waals surface area contributed by atoms with Crippen molar-refractivity contribution in [2.45, 2.75) is 26.3 Å². The van der Waals surface area contributed by atoms with Crippen molar-refractivity contribution < 1.29 is 15.0 Å². The Labute approximate surface area is 100 Å². The molecule has 0 radical (unpaired) electrons. The Morgan fingerprint density at radius 2 is 2.18 bits per heavy atom. The first-order chi connectivity index (χ1) is 7.99. The van der Waals surface area contributed by atoms with Crippen LogP contribution in [0.25, 0.3) is 0 Å². The van der Waals surface area contributed by atoms with Gasteiger partial charge in [0.05, 0.1) is 12.2 Å². The Hall–Kier alpha value is -1.75. The molecular weight excluding hydrogens is 220 g/mol. The Balaban J connectivity index is 3.06. The second-order valence-corrected chi connectivity index (χ2v) is 3.99. The minimum Gasteiger partial charge on any atom is -0.478 e. The van der Waals surface area contributed by atoms with Gasteiger partial charge in [-0.05, 0) is 31.0 Å². The average Bonchev–Trinajstić information content (AvgIpc) is 2.29. The quantitative estimate of drug-likeness (QED) is 0.582. The minimum absolute atomic E-state index is 0.00231. The van der Waals surface area contributed by atoms with Gasteiger partial charge in [0.1, 0.15) is 0 Å². The lowest BCUT2D eigenvalue weighted by Crippen LogP contribution is -2.23. The zero-order chi connectivity index (χ0) is 13.0. The third-order valence-corrected chi connectivity index (χ3v) is 2.70. The predicted molar refractivity (Wildman–Crippen MR) is 67.3 cm³/mol. The van der Waals surface area contributed by atoms with Gasteiger partial charge in [-0.1, -0.05) is 6.92 Å². The van der Waals surface area contributed by atoms with Crippen LogP contribution < -0.4 is 11.1 Å². The van der Waals surface area contributed by atoms with Crippen molar-refractivity contribution in [1.82, 2.24) is 0 Å². The number of aromatic carboxylic acids is 1. The number of anilines is 2. The van der Waals surface area contributed by atoms with Crippen LogP contribution in [0.3, 0.4) is 0 Å². The third-order valence-electron chi connectivity index (χ3n) is 2.70. The molecule has 1 unspecified atom stereocenters. The molecule has 5 nitrogen and oxygen atoms in total. The predicted octanol–water partition coefficient (Wildman–Crippen LogP) is 1.46. The molecule has 0 saturated carbocycles. The molecule has 1 rings (SSSR count). The van der Waals surface area contributed by atoms with Gasteiger partial charge in [-0.25, -0.2) is 4.79 Å². The van der Waals surface area contributed by atoms with E-state index in [0.717, 1.165) is 6.42 Å². The normalized spacial score (nSPS) is 12.2. The molecule has 5 heteroatoms. The average molecular weight is 238 g/mol. The van der Waals surface area contributed by atoms with Gasteiger partial charge in [-0.3, -0.25) is 0 Å². The third kappa shape index (κ3) is 3.10. The molecule has 17 heavy (non-hydrogen) atoms. The fraction of sp³-hybridized carbons (Fsp3) is 0.417. The van der Waals surface area contributed by atoms with Gasteiger partial charge < -0.3 is 21.3 Å². The highest BCUT2D eigenvalue weighted by Gasteiger charge is 2.13. The van der Waals surface area contributed by atoms with E-state index in [1.807, 2.05) is 6.92 Å². The second-order valence-electron chi connectivity index (χ2n) is 3.99.